The van der Waals surface area contributed by atoms with Gasteiger partial charge in [0.15, 0.2) is 0 Å². The summed E-state index contributed by atoms with van der Waals surface area (Å²) in [7, 11) is 0. The second-order valence-corrected chi connectivity index (χ2v) is 6.42. The number of carbonyl (C=O) groups is 2. The molecule has 0 saturated heterocycles. The maximum Gasteiger partial charge on any atom is 0.242 e. The second kappa shape index (κ2) is 7.38. The van der Waals surface area contributed by atoms with Gasteiger partial charge in [0, 0.05) is 18.5 Å². The predicted octanol–water partition coefficient (Wildman–Crippen LogP) is 2.87. The third-order valence-electron chi connectivity index (χ3n) is 3.23. The molecule has 5 heteroatoms. The molecule has 1 aromatic carbocycles. The summed E-state index contributed by atoms with van der Waals surface area (Å²) >= 11 is 0. The zero-order chi connectivity index (χ0) is 16.9. The van der Waals surface area contributed by atoms with Crippen LogP contribution in [0.2, 0.25) is 0 Å². The molecule has 0 spiro atoms. The van der Waals surface area contributed by atoms with Gasteiger partial charge in [-0.2, -0.15) is 0 Å². The Labute approximate surface area is 131 Å². The van der Waals surface area contributed by atoms with Crippen molar-refractivity contribution in [3.05, 3.63) is 35.6 Å². The van der Waals surface area contributed by atoms with Crippen LogP contribution in [-0.2, 0) is 16.1 Å². The highest BCUT2D eigenvalue weighted by atomic mass is 19.1. The third kappa shape index (κ3) is 5.47. The molecule has 1 N–H and O–H groups in total. The lowest BCUT2D eigenvalue weighted by Crippen LogP contribution is -2.52. The molecule has 122 valence electrons. The minimum absolute atomic E-state index is 0.110. The van der Waals surface area contributed by atoms with Gasteiger partial charge in [-0.25, -0.2) is 4.39 Å². The van der Waals surface area contributed by atoms with Crippen LogP contribution < -0.4 is 5.32 Å². The van der Waals surface area contributed by atoms with Crippen LogP contribution in [0.3, 0.4) is 0 Å². The Morgan fingerprint density at radius 2 is 1.77 bits per heavy atom. The van der Waals surface area contributed by atoms with Gasteiger partial charge in [-0.15, -0.1) is 0 Å². The number of nitrogens with one attached hydrogen (secondary N) is 1. The van der Waals surface area contributed by atoms with Crippen LogP contribution in [0.4, 0.5) is 4.39 Å². The van der Waals surface area contributed by atoms with E-state index in [1.807, 2.05) is 20.8 Å². The first kappa shape index (κ1) is 18.1. The Balaban J connectivity index is 2.90. The molecule has 1 rings (SSSR count). The van der Waals surface area contributed by atoms with Gasteiger partial charge in [0.1, 0.15) is 11.9 Å². The number of amides is 2. The summed E-state index contributed by atoms with van der Waals surface area (Å²) in [6.45, 7) is 9.43. The summed E-state index contributed by atoms with van der Waals surface area (Å²) in [6, 6.07) is 5.36. The lowest BCUT2D eigenvalue weighted by molar-refractivity contribution is -0.141. The van der Waals surface area contributed by atoms with Gasteiger partial charge in [0.05, 0.1) is 0 Å². The van der Waals surface area contributed by atoms with Gasteiger partial charge in [-0.05, 0) is 45.4 Å². The van der Waals surface area contributed by atoms with Crippen LogP contribution in [0.25, 0.3) is 0 Å². The van der Waals surface area contributed by atoms with Crippen molar-refractivity contribution in [2.45, 2.75) is 59.2 Å². The van der Waals surface area contributed by atoms with Crippen molar-refractivity contribution >= 4 is 11.8 Å². The second-order valence-electron chi connectivity index (χ2n) is 6.42. The molecule has 0 aliphatic rings. The summed E-state index contributed by atoms with van der Waals surface area (Å²) in [6.07, 6.45) is 0.314. The Morgan fingerprint density at radius 3 is 2.23 bits per heavy atom. The van der Waals surface area contributed by atoms with Gasteiger partial charge in [0.2, 0.25) is 11.8 Å². The van der Waals surface area contributed by atoms with Crippen molar-refractivity contribution < 1.29 is 14.0 Å². The fourth-order valence-electron chi connectivity index (χ4n) is 2.05. The Morgan fingerprint density at radius 1 is 1.23 bits per heavy atom. The van der Waals surface area contributed by atoms with Crippen LogP contribution in [0.15, 0.2) is 24.3 Å². The molecule has 1 aromatic rings. The van der Waals surface area contributed by atoms with Gasteiger partial charge < -0.3 is 10.2 Å². The molecule has 0 aromatic heterocycles. The van der Waals surface area contributed by atoms with E-state index in [0.29, 0.717) is 6.42 Å². The van der Waals surface area contributed by atoms with Crippen LogP contribution in [-0.4, -0.2) is 28.3 Å². The van der Waals surface area contributed by atoms with E-state index in [1.165, 1.54) is 17.0 Å². The Bertz CT molecular complexity index is 520. The van der Waals surface area contributed by atoms with E-state index in [-0.39, 0.29) is 29.7 Å². The molecule has 22 heavy (non-hydrogen) atoms. The monoisotopic (exact) mass is 308 g/mol. The number of nitrogens with zero attached hydrogens (tertiary/aromatic N) is 1. The predicted molar refractivity (Wildman–Crippen MR) is 84.6 cm³/mol. The Hall–Kier alpha value is -1.91. The van der Waals surface area contributed by atoms with E-state index in [2.05, 4.69) is 5.32 Å². The standard InChI is InChI=1S/C17H25FN2O2/c1-6-15(21)20(11-13-7-9-14(18)10-8-13)12(2)16(22)19-17(3,4)5/h7-10,12H,6,11H2,1-5H3,(H,19,22). The molecule has 0 aliphatic heterocycles. The fourth-order valence-corrected chi connectivity index (χ4v) is 2.05. The average Bonchev–Trinajstić information content (AvgIpc) is 2.43. The van der Waals surface area contributed by atoms with E-state index in [4.69, 9.17) is 0 Å². The first-order valence-corrected chi connectivity index (χ1v) is 7.50. The number of carbonyl (C=O) groups excluding carboxylic acids is 2. The topological polar surface area (TPSA) is 49.4 Å². The molecule has 0 bridgehead atoms. The summed E-state index contributed by atoms with van der Waals surface area (Å²) in [5.74, 6) is -0.632. The summed E-state index contributed by atoms with van der Waals surface area (Å²) < 4.78 is 13.0. The number of benzene rings is 1. The van der Waals surface area contributed by atoms with Crippen LogP contribution in [0.5, 0.6) is 0 Å². The van der Waals surface area contributed by atoms with E-state index >= 15 is 0 Å². The molecule has 0 aliphatic carbocycles. The minimum atomic E-state index is -0.586. The molecule has 4 nitrogen and oxygen atoms in total. The molecular formula is C17H25FN2O2. The summed E-state index contributed by atoms with van der Waals surface area (Å²) in [4.78, 5) is 26.0. The minimum Gasteiger partial charge on any atom is -0.350 e. The van der Waals surface area contributed by atoms with E-state index < -0.39 is 6.04 Å². The zero-order valence-electron chi connectivity index (χ0n) is 13.9. The van der Waals surface area contributed by atoms with Crippen molar-refractivity contribution in [1.29, 1.82) is 0 Å². The highest BCUT2D eigenvalue weighted by Crippen LogP contribution is 2.12. The quantitative estimate of drug-likeness (QED) is 0.909. The SMILES string of the molecule is CCC(=O)N(Cc1ccc(F)cc1)C(C)C(=O)NC(C)(C)C. The molecule has 0 radical (unpaired) electrons. The van der Waals surface area contributed by atoms with Crippen molar-refractivity contribution in [3.8, 4) is 0 Å². The molecule has 0 fully saturated rings. The van der Waals surface area contributed by atoms with E-state index in [9.17, 15) is 14.0 Å². The third-order valence-corrected chi connectivity index (χ3v) is 3.23. The normalized spacial score (nSPS) is 12.6. The molecule has 2 amide bonds. The molecule has 0 saturated carbocycles. The van der Waals surface area contributed by atoms with E-state index in [0.717, 1.165) is 5.56 Å². The molecule has 0 heterocycles. The number of rotatable bonds is 5. The van der Waals surface area contributed by atoms with Gasteiger partial charge in [0.25, 0.3) is 0 Å². The maximum atomic E-state index is 13.0. The lowest BCUT2D eigenvalue weighted by Gasteiger charge is -2.31. The van der Waals surface area contributed by atoms with Crippen molar-refractivity contribution in [2.24, 2.45) is 0 Å². The summed E-state index contributed by atoms with van der Waals surface area (Å²) in [5.41, 5.74) is 0.431. The van der Waals surface area contributed by atoms with Gasteiger partial charge in [-0.1, -0.05) is 19.1 Å². The Kier molecular flexibility index (Phi) is 6.09. The number of halogens is 1. The van der Waals surface area contributed by atoms with Crippen molar-refractivity contribution in [2.75, 3.05) is 0 Å². The smallest absolute Gasteiger partial charge is 0.242 e. The van der Waals surface area contributed by atoms with Gasteiger partial charge in [-0.3, -0.25) is 9.59 Å². The molecule has 1 unspecified atom stereocenters. The largest absolute Gasteiger partial charge is 0.350 e. The highest BCUT2D eigenvalue weighted by molar-refractivity contribution is 5.87. The first-order chi connectivity index (χ1) is 10.1. The van der Waals surface area contributed by atoms with Crippen LogP contribution >= 0.6 is 0 Å². The molecule has 1 atom stereocenters. The van der Waals surface area contributed by atoms with Gasteiger partial charge >= 0.3 is 0 Å². The summed E-state index contributed by atoms with van der Waals surface area (Å²) in [5, 5.41) is 2.88. The first-order valence-electron chi connectivity index (χ1n) is 7.50. The fraction of sp³-hybridized carbons (Fsp3) is 0.529. The lowest BCUT2D eigenvalue weighted by atomic mass is 10.1. The van der Waals surface area contributed by atoms with Crippen LogP contribution in [0.1, 0.15) is 46.6 Å². The number of hydrogen-bond acceptors (Lipinski definition) is 2. The van der Waals surface area contributed by atoms with Crippen molar-refractivity contribution in [1.82, 2.24) is 10.2 Å². The highest BCUT2D eigenvalue weighted by Gasteiger charge is 2.27. The van der Waals surface area contributed by atoms with E-state index in [1.54, 1.807) is 26.0 Å². The number of hydrogen-bond donors (Lipinski definition) is 1. The average molecular weight is 308 g/mol. The van der Waals surface area contributed by atoms with Crippen molar-refractivity contribution in [3.63, 3.8) is 0 Å². The zero-order valence-corrected chi connectivity index (χ0v) is 13.9. The van der Waals surface area contributed by atoms with Crippen LogP contribution in [0, 0.1) is 5.82 Å². The maximum absolute atomic E-state index is 13.0. The molecular weight excluding hydrogens is 283 g/mol.